The number of aliphatic hydroxyl groups excluding tert-OH is 1. The van der Waals surface area contributed by atoms with Gasteiger partial charge < -0.3 is 52.5 Å². The van der Waals surface area contributed by atoms with Crippen LogP contribution in [-0.4, -0.2) is 117 Å². The average molecular weight is 762 g/mol. The van der Waals surface area contributed by atoms with Gasteiger partial charge in [0.25, 0.3) is 0 Å². The van der Waals surface area contributed by atoms with Gasteiger partial charge in [-0.15, -0.1) is 0 Å². The summed E-state index contributed by atoms with van der Waals surface area (Å²) < 4.78 is 0. The maximum Gasteiger partial charge on any atom is 0.328 e. The van der Waals surface area contributed by atoms with Crippen molar-refractivity contribution in [3.8, 4) is 5.75 Å². The summed E-state index contributed by atoms with van der Waals surface area (Å²) in [4.78, 5) is 93.4. The lowest BCUT2D eigenvalue weighted by Crippen LogP contribution is -2.61. The highest BCUT2D eigenvalue weighted by molar-refractivity contribution is 5.97. The highest BCUT2D eigenvalue weighted by atomic mass is 16.4. The van der Waals surface area contributed by atoms with Crippen molar-refractivity contribution in [1.29, 1.82) is 0 Å². The van der Waals surface area contributed by atoms with E-state index in [0.29, 0.717) is 18.4 Å². The van der Waals surface area contributed by atoms with Crippen LogP contribution < -0.4 is 32.3 Å². The highest BCUT2D eigenvalue weighted by Crippen LogP contribution is 2.21. The molecule has 0 aromatic heterocycles. The molecule has 10 N–H and O–H groups in total. The minimum Gasteiger partial charge on any atom is -0.508 e. The number of carbonyl (C=O) groups is 7. The maximum atomic E-state index is 14.2. The van der Waals surface area contributed by atoms with Gasteiger partial charge in [0.2, 0.25) is 35.4 Å². The SMILES string of the molecule is CC(C)C[C@H](N)C(=O)N[C@H](C(=O)N[C@H](C(=O)N[C@@H](Cc1ccc(O)cc1)C(=O)N1CCC[C@H]1C(=O)N[C@@H](C)C(=O)N[C@H](C(=O)O)[C@@H](C)O)C(C)C)C(C)C. The lowest BCUT2D eigenvalue weighted by molar-refractivity contribution is -0.145. The summed E-state index contributed by atoms with van der Waals surface area (Å²) in [6.45, 7) is 13.4. The number of phenols is 1. The molecule has 0 unspecified atom stereocenters. The Kier molecular flexibility index (Phi) is 17.3. The largest absolute Gasteiger partial charge is 0.508 e. The summed E-state index contributed by atoms with van der Waals surface area (Å²) in [6, 6.07) is -2.04. The predicted octanol–water partition coefficient (Wildman–Crippen LogP) is -0.480. The number of nitrogens with zero attached hydrogens (tertiary/aromatic N) is 1. The summed E-state index contributed by atoms with van der Waals surface area (Å²) in [5.74, 6) is -6.06. The van der Waals surface area contributed by atoms with Gasteiger partial charge in [-0.3, -0.25) is 28.8 Å². The number of aromatic hydroxyl groups is 1. The number of aliphatic carboxylic acids is 1. The molecule has 17 heteroatoms. The van der Waals surface area contributed by atoms with E-state index < -0.39 is 95.7 Å². The van der Waals surface area contributed by atoms with Crippen LogP contribution in [0.1, 0.15) is 80.2 Å². The number of hydrogen-bond donors (Lipinski definition) is 9. The Hall–Kier alpha value is -4.77. The van der Waals surface area contributed by atoms with E-state index in [1.165, 1.54) is 30.9 Å². The Labute approximate surface area is 316 Å². The third-order valence-corrected chi connectivity index (χ3v) is 9.18. The van der Waals surface area contributed by atoms with E-state index in [2.05, 4.69) is 26.6 Å². The normalized spacial score (nSPS) is 18.2. The molecule has 1 aliphatic rings. The first-order valence-electron chi connectivity index (χ1n) is 18.4. The van der Waals surface area contributed by atoms with E-state index in [-0.39, 0.29) is 37.0 Å². The Balaban J connectivity index is 2.31. The summed E-state index contributed by atoms with van der Waals surface area (Å²) >= 11 is 0. The summed E-state index contributed by atoms with van der Waals surface area (Å²) in [7, 11) is 0. The zero-order valence-corrected chi connectivity index (χ0v) is 32.4. The van der Waals surface area contributed by atoms with Gasteiger partial charge >= 0.3 is 5.97 Å². The molecule has 6 amide bonds. The topological polar surface area (TPSA) is 270 Å². The van der Waals surface area contributed by atoms with Crippen molar-refractivity contribution in [2.75, 3.05) is 6.54 Å². The number of hydrogen-bond acceptors (Lipinski definition) is 10. The average Bonchev–Trinajstić information content (AvgIpc) is 3.57. The van der Waals surface area contributed by atoms with Gasteiger partial charge in [-0.2, -0.15) is 0 Å². The molecular formula is C37H59N7O10. The molecule has 8 atom stereocenters. The Bertz CT molecular complexity index is 1480. The lowest BCUT2D eigenvalue weighted by atomic mass is 9.97. The number of phenolic OH excluding ortho intramolecular Hbond substituents is 1. The number of carbonyl (C=O) groups excluding carboxylic acids is 6. The van der Waals surface area contributed by atoms with Crippen molar-refractivity contribution in [2.45, 2.75) is 129 Å². The fourth-order valence-corrected chi connectivity index (χ4v) is 6.06. The Morgan fingerprint density at radius 2 is 1.28 bits per heavy atom. The number of aliphatic hydroxyl groups is 1. The highest BCUT2D eigenvalue weighted by Gasteiger charge is 2.40. The van der Waals surface area contributed by atoms with Crippen molar-refractivity contribution in [2.24, 2.45) is 23.5 Å². The minimum atomic E-state index is -1.60. The number of carboxylic acid groups (broad SMARTS) is 1. The molecule has 1 fully saturated rings. The number of nitrogens with one attached hydrogen (secondary N) is 5. The fraction of sp³-hybridized carbons (Fsp3) is 0.649. The molecule has 1 saturated heterocycles. The van der Waals surface area contributed by atoms with E-state index in [1.54, 1.807) is 39.8 Å². The monoisotopic (exact) mass is 761 g/mol. The molecule has 17 nitrogen and oxygen atoms in total. The predicted molar refractivity (Wildman–Crippen MR) is 198 cm³/mol. The van der Waals surface area contributed by atoms with Gasteiger partial charge in [-0.1, -0.05) is 53.7 Å². The van der Waals surface area contributed by atoms with Crippen LogP contribution >= 0.6 is 0 Å². The smallest absolute Gasteiger partial charge is 0.328 e. The molecule has 1 aliphatic heterocycles. The van der Waals surface area contributed by atoms with Crippen molar-refractivity contribution < 1.29 is 48.9 Å². The molecule has 1 aromatic rings. The first kappa shape index (κ1) is 45.4. The molecule has 0 saturated carbocycles. The number of amides is 6. The van der Waals surface area contributed by atoms with Gasteiger partial charge in [0.1, 0.15) is 36.0 Å². The van der Waals surface area contributed by atoms with Crippen LogP contribution in [0, 0.1) is 17.8 Å². The van der Waals surface area contributed by atoms with E-state index >= 15 is 0 Å². The van der Waals surface area contributed by atoms with Gasteiger partial charge in [0, 0.05) is 13.0 Å². The van der Waals surface area contributed by atoms with Gasteiger partial charge in [-0.05, 0) is 68.6 Å². The third-order valence-electron chi connectivity index (χ3n) is 9.18. The second kappa shape index (κ2) is 20.6. The van der Waals surface area contributed by atoms with E-state index in [0.717, 1.165) is 0 Å². The Morgan fingerprint density at radius 1 is 0.759 bits per heavy atom. The van der Waals surface area contributed by atoms with Crippen LogP contribution in [-0.2, 0) is 40.0 Å². The van der Waals surface area contributed by atoms with Gasteiger partial charge in [0.05, 0.1) is 12.1 Å². The van der Waals surface area contributed by atoms with Crippen LogP contribution in [0.5, 0.6) is 5.75 Å². The van der Waals surface area contributed by atoms with Crippen LogP contribution in [0.2, 0.25) is 0 Å². The molecule has 54 heavy (non-hydrogen) atoms. The molecule has 1 aromatic carbocycles. The van der Waals surface area contributed by atoms with E-state index in [1.807, 2.05) is 13.8 Å². The standard InChI is InChI=1S/C37H59N7O10/c1-18(2)16-25(38)32(48)41-29(20(5)6)35(51)42-28(19(3)4)34(50)40-26(17-23-11-13-24(46)14-12-23)36(52)44-15-9-10-27(44)33(49)39-21(7)31(47)43-30(22(8)45)37(53)54/h11-14,18-22,25-30,45-46H,9-10,15-17,38H2,1-8H3,(H,39,49)(H,40,50)(H,41,48)(H,42,51)(H,43,47)(H,53,54)/t21-,22+,25-,26-,27-,28-,29-,30-/m0/s1. The zero-order valence-electron chi connectivity index (χ0n) is 32.4. The second-order valence-electron chi connectivity index (χ2n) is 15.1. The second-order valence-corrected chi connectivity index (χ2v) is 15.1. The van der Waals surface area contributed by atoms with Gasteiger partial charge in [-0.25, -0.2) is 4.79 Å². The van der Waals surface area contributed by atoms with Crippen molar-refractivity contribution in [3.05, 3.63) is 29.8 Å². The maximum absolute atomic E-state index is 14.2. The fourth-order valence-electron chi connectivity index (χ4n) is 6.06. The van der Waals surface area contributed by atoms with E-state index in [9.17, 15) is 48.9 Å². The molecular weight excluding hydrogens is 702 g/mol. The molecule has 302 valence electrons. The van der Waals surface area contributed by atoms with Crippen LogP contribution in [0.4, 0.5) is 0 Å². The van der Waals surface area contributed by atoms with Crippen LogP contribution in [0.25, 0.3) is 0 Å². The number of rotatable bonds is 19. The number of carboxylic acids is 1. The third kappa shape index (κ3) is 13.3. The molecule has 0 radical (unpaired) electrons. The van der Waals surface area contributed by atoms with Crippen LogP contribution in [0.3, 0.4) is 0 Å². The summed E-state index contributed by atoms with van der Waals surface area (Å²) in [5.41, 5.74) is 6.62. The van der Waals surface area contributed by atoms with Crippen molar-refractivity contribution in [1.82, 2.24) is 31.5 Å². The van der Waals surface area contributed by atoms with Crippen molar-refractivity contribution in [3.63, 3.8) is 0 Å². The number of benzene rings is 1. The number of nitrogens with two attached hydrogens (primary N) is 1. The molecule has 0 bridgehead atoms. The quantitative estimate of drug-likeness (QED) is 0.0869. The molecule has 2 rings (SSSR count). The first-order chi connectivity index (χ1) is 25.1. The summed E-state index contributed by atoms with van der Waals surface area (Å²) in [6.07, 6.45) is -0.359. The lowest BCUT2D eigenvalue weighted by Gasteiger charge is -2.32. The first-order valence-corrected chi connectivity index (χ1v) is 18.4. The molecule has 1 heterocycles. The molecule has 0 aliphatic carbocycles. The molecule has 0 spiro atoms. The van der Waals surface area contributed by atoms with E-state index in [4.69, 9.17) is 5.73 Å². The number of likely N-dealkylation sites (tertiary alicyclic amines) is 1. The summed E-state index contributed by atoms with van der Waals surface area (Å²) in [5, 5.41) is 41.7. The van der Waals surface area contributed by atoms with Gasteiger partial charge in [0.15, 0.2) is 6.04 Å². The Morgan fingerprint density at radius 3 is 1.78 bits per heavy atom. The van der Waals surface area contributed by atoms with Crippen LogP contribution in [0.15, 0.2) is 24.3 Å². The van der Waals surface area contributed by atoms with Crippen molar-refractivity contribution >= 4 is 41.4 Å². The minimum absolute atomic E-state index is 0.0113. The zero-order chi connectivity index (χ0) is 41.0.